The molecule has 1 aromatic heterocycles. The predicted octanol–water partition coefficient (Wildman–Crippen LogP) is 4.24. The number of fused-ring (bicyclic) bond motifs is 2. The molecule has 3 nitrogen and oxygen atoms in total. The molecular formula is C21H17NO2S. The Bertz CT molecular complexity index is 1010. The van der Waals surface area contributed by atoms with Gasteiger partial charge in [-0.3, -0.25) is 9.59 Å². The fourth-order valence-corrected chi connectivity index (χ4v) is 3.56. The van der Waals surface area contributed by atoms with Gasteiger partial charge in [0.25, 0.3) is 0 Å². The molecule has 0 bridgehead atoms. The van der Waals surface area contributed by atoms with Crippen LogP contribution in [0.4, 0.5) is 0 Å². The van der Waals surface area contributed by atoms with Crippen LogP contribution in [0.2, 0.25) is 0 Å². The van der Waals surface area contributed by atoms with Crippen LogP contribution in [0.5, 0.6) is 0 Å². The highest BCUT2D eigenvalue weighted by Crippen LogP contribution is 2.23. The molecule has 1 heterocycles. The van der Waals surface area contributed by atoms with Crippen LogP contribution in [-0.2, 0) is 0 Å². The molecule has 0 saturated heterocycles. The molecule has 4 aromatic rings. The first-order valence-electron chi connectivity index (χ1n) is 7.89. The highest BCUT2D eigenvalue weighted by Gasteiger charge is 2.03. The van der Waals surface area contributed by atoms with E-state index in [0.717, 1.165) is 20.2 Å². The zero-order valence-corrected chi connectivity index (χ0v) is 14.3. The largest absolute Gasteiger partial charge is 0.324 e. The van der Waals surface area contributed by atoms with Crippen molar-refractivity contribution in [1.29, 1.82) is 0 Å². The lowest BCUT2D eigenvalue weighted by atomic mass is 10.1. The zero-order chi connectivity index (χ0) is 17.6. The van der Waals surface area contributed by atoms with Gasteiger partial charge in [-0.05, 0) is 24.3 Å². The molecule has 0 aliphatic heterocycles. The highest BCUT2D eigenvalue weighted by atomic mass is 32.1. The maximum Gasteiger partial charge on any atom is 0.195 e. The van der Waals surface area contributed by atoms with Crippen molar-refractivity contribution in [3.63, 3.8) is 0 Å². The van der Waals surface area contributed by atoms with Crippen LogP contribution in [0, 0.1) is 0 Å². The van der Waals surface area contributed by atoms with Gasteiger partial charge in [0, 0.05) is 25.7 Å². The number of carbonyl (C=O) groups is 1. The van der Waals surface area contributed by atoms with E-state index in [9.17, 15) is 9.59 Å². The van der Waals surface area contributed by atoms with Crippen LogP contribution < -0.4 is 11.2 Å². The van der Waals surface area contributed by atoms with E-state index < -0.39 is 0 Å². The molecule has 0 spiro atoms. The SMILES string of the molecule is NCC(=O)c1ccccc1.O=c1c2ccccc2sc2ccccc12. The number of hydrogen-bond acceptors (Lipinski definition) is 4. The molecule has 124 valence electrons. The molecule has 0 aliphatic carbocycles. The maximum atomic E-state index is 12.1. The van der Waals surface area contributed by atoms with Crippen molar-refractivity contribution in [3.05, 3.63) is 94.6 Å². The Labute approximate surface area is 149 Å². The summed E-state index contributed by atoms with van der Waals surface area (Å²) in [6.07, 6.45) is 0. The van der Waals surface area contributed by atoms with Crippen molar-refractivity contribution in [3.8, 4) is 0 Å². The summed E-state index contributed by atoms with van der Waals surface area (Å²) in [5.41, 5.74) is 5.98. The number of rotatable bonds is 2. The quantitative estimate of drug-likeness (QED) is 0.436. The number of ketones is 1. The monoisotopic (exact) mass is 347 g/mol. The number of Topliss-reactive ketones (excluding diaryl/α,β-unsaturated/α-hetero) is 1. The van der Waals surface area contributed by atoms with Gasteiger partial charge in [-0.1, -0.05) is 54.6 Å². The van der Waals surface area contributed by atoms with Crippen LogP contribution in [0.15, 0.2) is 83.7 Å². The van der Waals surface area contributed by atoms with Crippen molar-refractivity contribution >= 4 is 37.3 Å². The molecule has 25 heavy (non-hydrogen) atoms. The lowest BCUT2D eigenvalue weighted by Gasteiger charge is -1.99. The summed E-state index contributed by atoms with van der Waals surface area (Å²) in [6.45, 7) is 0.0873. The summed E-state index contributed by atoms with van der Waals surface area (Å²) in [7, 11) is 0. The van der Waals surface area contributed by atoms with Crippen molar-refractivity contribution < 1.29 is 4.79 Å². The van der Waals surface area contributed by atoms with Gasteiger partial charge in [0.1, 0.15) is 0 Å². The van der Waals surface area contributed by atoms with Gasteiger partial charge < -0.3 is 5.73 Å². The Balaban J connectivity index is 0.000000160. The molecule has 4 heteroatoms. The second-order valence-corrected chi connectivity index (χ2v) is 6.50. The van der Waals surface area contributed by atoms with Gasteiger partial charge in [-0.15, -0.1) is 11.3 Å². The third kappa shape index (κ3) is 3.82. The molecule has 0 saturated carbocycles. The molecule has 0 unspecified atom stereocenters. The number of hydrogen-bond donors (Lipinski definition) is 1. The minimum absolute atomic E-state index is 0.0133. The van der Waals surface area contributed by atoms with E-state index in [2.05, 4.69) is 0 Å². The van der Waals surface area contributed by atoms with Crippen molar-refractivity contribution in [1.82, 2.24) is 0 Å². The van der Waals surface area contributed by atoms with Gasteiger partial charge in [0.05, 0.1) is 6.54 Å². The van der Waals surface area contributed by atoms with Gasteiger partial charge >= 0.3 is 0 Å². The van der Waals surface area contributed by atoms with Crippen LogP contribution in [-0.4, -0.2) is 12.3 Å². The Hall–Kier alpha value is -2.82. The topological polar surface area (TPSA) is 60.2 Å². The molecule has 0 amide bonds. The standard InChI is InChI=1S/C13H8OS.C8H9NO/c14-13-9-5-1-3-7-11(9)15-12-8-4-2-6-10(12)13;9-6-8(10)7-4-2-1-3-5-7/h1-8H;1-5H,6,9H2. The van der Waals surface area contributed by atoms with Gasteiger partial charge in [-0.25, -0.2) is 0 Å². The lowest BCUT2D eigenvalue weighted by molar-refractivity contribution is 0.100. The zero-order valence-electron chi connectivity index (χ0n) is 13.5. The summed E-state index contributed by atoms with van der Waals surface area (Å²) in [5.74, 6) is -0.0133. The molecule has 3 aromatic carbocycles. The van der Waals surface area contributed by atoms with Crippen molar-refractivity contribution in [2.75, 3.05) is 6.54 Å². The molecule has 0 radical (unpaired) electrons. The highest BCUT2D eigenvalue weighted by molar-refractivity contribution is 7.24. The van der Waals surface area contributed by atoms with Crippen molar-refractivity contribution in [2.45, 2.75) is 0 Å². The summed E-state index contributed by atoms with van der Waals surface area (Å²) >= 11 is 1.67. The Morgan fingerprint density at radius 3 is 1.76 bits per heavy atom. The van der Waals surface area contributed by atoms with Gasteiger partial charge in [0.15, 0.2) is 11.2 Å². The second kappa shape index (κ2) is 7.83. The van der Waals surface area contributed by atoms with E-state index in [1.165, 1.54) is 0 Å². The predicted molar refractivity (Wildman–Crippen MR) is 105 cm³/mol. The number of nitrogens with two attached hydrogens (primary N) is 1. The van der Waals surface area contributed by atoms with Crippen molar-refractivity contribution in [2.24, 2.45) is 5.73 Å². The van der Waals surface area contributed by atoms with Crippen LogP contribution in [0.1, 0.15) is 10.4 Å². The summed E-state index contributed by atoms with van der Waals surface area (Å²) in [5, 5.41) is 1.64. The van der Waals surface area contributed by atoms with Gasteiger partial charge in [0.2, 0.25) is 0 Å². The van der Waals surface area contributed by atoms with E-state index in [0.29, 0.717) is 5.56 Å². The first-order chi connectivity index (χ1) is 12.2. The third-order valence-electron chi connectivity index (χ3n) is 3.76. The minimum atomic E-state index is -0.0133. The molecule has 4 rings (SSSR count). The summed E-state index contributed by atoms with van der Waals surface area (Å²) < 4.78 is 2.11. The van der Waals surface area contributed by atoms with Crippen LogP contribution in [0.3, 0.4) is 0 Å². The summed E-state index contributed by atoms with van der Waals surface area (Å²) in [6, 6.07) is 24.5. The van der Waals surface area contributed by atoms with E-state index in [1.54, 1.807) is 23.5 Å². The molecule has 0 atom stereocenters. The first kappa shape index (κ1) is 17.0. The van der Waals surface area contributed by atoms with Crippen LogP contribution in [0.25, 0.3) is 20.2 Å². The average molecular weight is 347 g/mol. The fraction of sp³-hybridized carbons (Fsp3) is 0.0476. The maximum absolute atomic E-state index is 12.1. The van der Waals surface area contributed by atoms with E-state index in [4.69, 9.17) is 5.73 Å². The normalized spacial score (nSPS) is 10.3. The molecule has 2 N–H and O–H groups in total. The minimum Gasteiger partial charge on any atom is -0.324 e. The molecule has 0 aliphatic rings. The smallest absolute Gasteiger partial charge is 0.195 e. The number of benzene rings is 3. The lowest BCUT2D eigenvalue weighted by Crippen LogP contribution is -2.12. The van der Waals surface area contributed by atoms with E-state index in [1.807, 2.05) is 66.7 Å². The fourth-order valence-electron chi connectivity index (χ4n) is 2.49. The second-order valence-electron chi connectivity index (χ2n) is 5.42. The first-order valence-corrected chi connectivity index (χ1v) is 8.71. The van der Waals surface area contributed by atoms with Crippen LogP contribution >= 0.6 is 11.3 Å². The Morgan fingerprint density at radius 2 is 1.24 bits per heavy atom. The Kier molecular flexibility index (Phi) is 5.33. The van der Waals surface area contributed by atoms with E-state index >= 15 is 0 Å². The molecule has 0 fully saturated rings. The van der Waals surface area contributed by atoms with E-state index in [-0.39, 0.29) is 17.8 Å². The molecular weight excluding hydrogens is 330 g/mol. The van der Waals surface area contributed by atoms with Gasteiger partial charge in [-0.2, -0.15) is 0 Å². The number of carbonyl (C=O) groups excluding carboxylic acids is 1. The Morgan fingerprint density at radius 1 is 0.760 bits per heavy atom. The summed E-state index contributed by atoms with van der Waals surface area (Å²) in [4.78, 5) is 23.0. The third-order valence-corrected chi connectivity index (χ3v) is 4.92. The average Bonchev–Trinajstić information content (AvgIpc) is 2.69.